The number of nitrogens with zero attached hydrogens (tertiary/aromatic N) is 3. The molecule has 0 aliphatic carbocycles. The lowest BCUT2D eigenvalue weighted by Crippen LogP contribution is -2.52. The monoisotopic (exact) mass is 637 g/mol. The third kappa shape index (κ3) is 7.81. The molecular weight excluding hydrogens is 598 g/mol. The van der Waals surface area contributed by atoms with Crippen LogP contribution < -0.4 is 9.47 Å². The number of carbonyl (C=O) groups excluding carboxylic acids is 2. The zero-order valence-corrected chi connectivity index (χ0v) is 27.3. The zero-order valence-electron chi connectivity index (χ0n) is 27.3. The van der Waals surface area contributed by atoms with Crippen molar-refractivity contribution < 1.29 is 19.1 Å². The lowest BCUT2D eigenvalue weighted by molar-refractivity contribution is -0.144. The van der Waals surface area contributed by atoms with E-state index in [1.807, 2.05) is 102 Å². The van der Waals surface area contributed by atoms with Gasteiger partial charge in [0.15, 0.2) is 0 Å². The number of hydrogen-bond acceptors (Lipinski definition) is 5. The topological polar surface area (TPSA) is 72.0 Å². The molecule has 0 spiro atoms. The molecule has 2 heterocycles. The third-order valence-electron chi connectivity index (χ3n) is 8.72. The van der Waals surface area contributed by atoms with Crippen LogP contribution in [0, 0.1) is 0 Å². The summed E-state index contributed by atoms with van der Waals surface area (Å²) in [6.45, 7) is 1.36. The molecule has 7 nitrogen and oxygen atoms in total. The highest BCUT2D eigenvalue weighted by molar-refractivity contribution is 5.96. The van der Waals surface area contributed by atoms with Crippen LogP contribution in [0.3, 0.4) is 0 Å². The average molecular weight is 638 g/mol. The van der Waals surface area contributed by atoms with Crippen LogP contribution in [-0.2, 0) is 35.5 Å². The van der Waals surface area contributed by atoms with Crippen LogP contribution in [0.4, 0.5) is 0 Å². The maximum atomic E-state index is 14.6. The van der Waals surface area contributed by atoms with Crippen LogP contribution in [0.5, 0.6) is 11.5 Å². The number of methoxy groups -OCH3 is 2. The SMILES string of the molecule is COc1cc(/C=C/C(=O)N(Cc2ccc(-c3ccccn3)cc2)[C@@H](Cc2ccccc2)C(=O)N2CCc3ccccc3C2)cc(OC)c1. The smallest absolute Gasteiger partial charge is 0.247 e. The Bertz CT molecular complexity index is 1850. The van der Waals surface area contributed by atoms with Crippen molar-refractivity contribution in [2.45, 2.75) is 32.0 Å². The van der Waals surface area contributed by atoms with Crippen molar-refractivity contribution >= 4 is 17.9 Å². The number of benzene rings is 4. The molecule has 0 saturated heterocycles. The highest BCUT2D eigenvalue weighted by Gasteiger charge is 2.34. The van der Waals surface area contributed by atoms with Crippen LogP contribution in [0.2, 0.25) is 0 Å². The minimum atomic E-state index is -0.731. The molecule has 0 unspecified atom stereocenters. The molecule has 2 amide bonds. The van der Waals surface area contributed by atoms with E-state index < -0.39 is 6.04 Å². The fourth-order valence-electron chi connectivity index (χ4n) is 6.10. The normalized spacial score (nSPS) is 13.1. The molecule has 0 fully saturated rings. The van der Waals surface area contributed by atoms with Crippen LogP contribution in [-0.4, -0.2) is 53.4 Å². The van der Waals surface area contributed by atoms with Crippen molar-refractivity contribution in [1.29, 1.82) is 0 Å². The summed E-state index contributed by atoms with van der Waals surface area (Å²) in [5.74, 6) is 0.906. The standard InChI is InChI=1S/C41H39N3O4/c1-47-36-24-32(25-37(27-36)48-2)17-20-40(45)44(28-31-15-18-34(19-16-31)38-14-8-9-22-42-38)39(26-30-10-4-3-5-11-30)41(46)43-23-21-33-12-6-7-13-35(33)29-43/h3-20,22,24-25,27,39H,21,23,26,28-29H2,1-2H3/b20-17+/t39-/m0/s1. The number of ether oxygens (including phenoxy) is 2. The fraction of sp³-hybridized carbons (Fsp3) is 0.195. The number of pyridine rings is 1. The van der Waals surface area contributed by atoms with Crippen molar-refractivity contribution in [2.75, 3.05) is 20.8 Å². The number of hydrogen-bond donors (Lipinski definition) is 0. The van der Waals surface area contributed by atoms with Gasteiger partial charge in [-0.3, -0.25) is 14.6 Å². The number of carbonyl (C=O) groups is 2. The molecule has 1 aliphatic rings. The number of amides is 2. The van der Waals surface area contributed by atoms with Crippen molar-refractivity contribution in [3.8, 4) is 22.8 Å². The molecule has 0 N–H and O–H groups in total. The molecule has 0 saturated carbocycles. The first-order valence-electron chi connectivity index (χ1n) is 16.1. The molecule has 242 valence electrons. The highest BCUT2D eigenvalue weighted by Crippen LogP contribution is 2.26. The summed E-state index contributed by atoms with van der Waals surface area (Å²) >= 11 is 0. The Kier molecular flexibility index (Phi) is 10.3. The maximum absolute atomic E-state index is 14.6. The number of aromatic nitrogens is 1. The van der Waals surface area contributed by atoms with Crippen molar-refractivity contribution in [1.82, 2.24) is 14.8 Å². The second kappa shape index (κ2) is 15.3. The second-order valence-corrected chi connectivity index (χ2v) is 11.8. The van der Waals surface area contributed by atoms with Crippen LogP contribution in [0.25, 0.3) is 17.3 Å². The van der Waals surface area contributed by atoms with Gasteiger partial charge >= 0.3 is 0 Å². The van der Waals surface area contributed by atoms with Gasteiger partial charge in [0.2, 0.25) is 11.8 Å². The van der Waals surface area contributed by atoms with Gasteiger partial charge in [0.1, 0.15) is 17.5 Å². The van der Waals surface area contributed by atoms with Gasteiger partial charge < -0.3 is 19.3 Å². The van der Waals surface area contributed by atoms with E-state index in [1.165, 1.54) is 11.6 Å². The largest absolute Gasteiger partial charge is 0.497 e. The predicted octanol–water partition coefficient (Wildman–Crippen LogP) is 7.00. The Morgan fingerprint density at radius 2 is 1.50 bits per heavy atom. The molecule has 7 heteroatoms. The fourth-order valence-corrected chi connectivity index (χ4v) is 6.10. The summed E-state index contributed by atoms with van der Waals surface area (Å²) in [5, 5.41) is 0. The van der Waals surface area contributed by atoms with Crippen molar-refractivity contribution in [3.05, 3.63) is 155 Å². The van der Waals surface area contributed by atoms with Crippen molar-refractivity contribution in [2.24, 2.45) is 0 Å². The molecule has 5 aromatic rings. The van der Waals surface area contributed by atoms with E-state index in [0.717, 1.165) is 39.9 Å². The van der Waals surface area contributed by atoms with Gasteiger partial charge in [0.05, 0.1) is 19.9 Å². The lowest BCUT2D eigenvalue weighted by atomic mass is 9.97. The van der Waals surface area contributed by atoms with E-state index in [-0.39, 0.29) is 18.4 Å². The molecule has 1 aromatic heterocycles. The Hall–Kier alpha value is -5.69. The maximum Gasteiger partial charge on any atom is 0.247 e. The van der Waals surface area contributed by atoms with E-state index in [9.17, 15) is 9.59 Å². The summed E-state index contributed by atoms with van der Waals surface area (Å²) in [7, 11) is 3.18. The summed E-state index contributed by atoms with van der Waals surface area (Å²) in [6, 6.07) is 36.7. The summed E-state index contributed by atoms with van der Waals surface area (Å²) in [4.78, 5) is 37.0. The van der Waals surface area contributed by atoms with E-state index >= 15 is 0 Å². The van der Waals surface area contributed by atoms with E-state index in [2.05, 4.69) is 17.1 Å². The van der Waals surface area contributed by atoms with Crippen LogP contribution in [0.15, 0.2) is 128 Å². The van der Waals surface area contributed by atoms with Gasteiger partial charge in [-0.15, -0.1) is 0 Å². The number of fused-ring (bicyclic) bond motifs is 1. The molecule has 1 atom stereocenters. The lowest BCUT2D eigenvalue weighted by Gasteiger charge is -2.37. The first-order chi connectivity index (χ1) is 23.5. The minimum absolute atomic E-state index is 0.0664. The van der Waals surface area contributed by atoms with Gasteiger partial charge in [0, 0.05) is 50.0 Å². The molecule has 48 heavy (non-hydrogen) atoms. The third-order valence-corrected chi connectivity index (χ3v) is 8.72. The first-order valence-corrected chi connectivity index (χ1v) is 16.1. The first kappa shape index (κ1) is 32.3. The number of rotatable bonds is 11. The molecular formula is C41H39N3O4. The molecule has 0 bridgehead atoms. The molecule has 1 aliphatic heterocycles. The van der Waals surface area contributed by atoms with Gasteiger partial charge in [-0.05, 0) is 64.6 Å². The minimum Gasteiger partial charge on any atom is -0.497 e. The summed E-state index contributed by atoms with van der Waals surface area (Å²) in [5.41, 5.74) is 6.90. The quantitative estimate of drug-likeness (QED) is 0.146. The molecule has 0 radical (unpaired) electrons. The van der Waals surface area contributed by atoms with Gasteiger partial charge in [-0.2, -0.15) is 0 Å². The Labute approximate surface area is 282 Å². The van der Waals surface area contributed by atoms with Crippen LogP contribution in [0.1, 0.15) is 27.8 Å². The average Bonchev–Trinajstić information content (AvgIpc) is 3.15. The van der Waals surface area contributed by atoms with E-state index in [1.54, 1.807) is 37.5 Å². The highest BCUT2D eigenvalue weighted by atomic mass is 16.5. The Morgan fingerprint density at radius 1 is 0.812 bits per heavy atom. The summed E-state index contributed by atoms with van der Waals surface area (Å²) in [6.07, 6.45) is 6.21. The van der Waals surface area contributed by atoms with Gasteiger partial charge in [-0.1, -0.05) is 84.9 Å². The predicted molar refractivity (Wildman–Crippen MR) is 188 cm³/mol. The molecule has 6 rings (SSSR count). The van der Waals surface area contributed by atoms with E-state index in [0.29, 0.717) is 31.0 Å². The second-order valence-electron chi connectivity index (χ2n) is 11.8. The van der Waals surface area contributed by atoms with Gasteiger partial charge in [-0.25, -0.2) is 0 Å². The van der Waals surface area contributed by atoms with Gasteiger partial charge in [0.25, 0.3) is 0 Å². The zero-order chi connectivity index (χ0) is 33.3. The Morgan fingerprint density at radius 3 is 2.19 bits per heavy atom. The molecule has 4 aromatic carbocycles. The van der Waals surface area contributed by atoms with Crippen molar-refractivity contribution in [3.63, 3.8) is 0 Å². The van der Waals surface area contributed by atoms with Crippen LogP contribution >= 0.6 is 0 Å². The Balaban J connectivity index is 1.36. The summed E-state index contributed by atoms with van der Waals surface area (Å²) < 4.78 is 10.9. The van der Waals surface area contributed by atoms with E-state index in [4.69, 9.17) is 9.47 Å².